The number of benzene rings is 1. The van der Waals surface area contributed by atoms with Crippen molar-refractivity contribution in [3.63, 3.8) is 0 Å². The molecule has 0 saturated carbocycles. The highest BCUT2D eigenvalue weighted by Gasteiger charge is 2.52. The Bertz CT molecular complexity index is 566. The Morgan fingerprint density at radius 1 is 1.25 bits per heavy atom. The number of quaternary nitrogens is 1. The van der Waals surface area contributed by atoms with Crippen LogP contribution in [0.2, 0.25) is 0 Å². The van der Waals surface area contributed by atoms with Gasteiger partial charge in [0.25, 0.3) is 0 Å². The standard InChI is InChI=1S/C15H23NO3S/c1-11(2)15-14(10-12(3)16(15,4)17)20(18,19)13-8-6-5-7-9-13/h5-9,11-12,14-15H,10H2,1-4H3/t12-,14-,15-,16-/m0/s1. The molecule has 1 aliphatic heterocycles. The summed E-state index contributed by atoms with van der Waals surface area (Å²) in [6, 6.07) is 7.88. The average molecular weight is 297 g/mol. The monoisotopic (exact) mass is 297 g/mol. The summed E-state index contributed by atoms with van der Waals surface area (Å²) in [6.45, 7) is 5.72. The van der Waals surface area contributed by atoms with Gasteiger partial charge in [0.2, 0.25) is 0 Å². The lowest BCUT2D eigenvalue weighted by molar-refractivity contribution is -0.897. The summed E-state index contributed by atoms with van der Waals surface area (Å²) >= 11 is 0. The van der Waals surface area contributed by atoms with Crippen LogP contribution in [0.25, 0.3) is 0 Å². The SMILES string of the molecule is CC(C)[C@H]1[C@@H](S(=O)(=O)c2ccccc2)C[C@H](C)[N@+]1(C)[O-]. The van der Waals surface area contributed by atoms with Gasteiger partial charge >= 0.3 is 0 Å². The molecule has 1 aromatic rings. The highest BCUT2D eigenvalue weighted by atomic mass is 32.2. The van der Waals surface area contributed by atoms with E-state index < -0.39 is 25.8 Å². The lowest BCUT2D eigenvalue weighted by Crippen LogP contribution is -2.53. The van der Waals surface area contributed by atoms with Crippen LogP contribution in [-0.4, -0.2) is 37.4 Å². The Morgan fingerprint density at radius 3 is 2.30 bits per heavy atom. The molecule has 1 aliphatic rings. The van der Waals surface area contributed by atoms with Crippen molar-refractivity contribution in [1.82, 2.24) is 0 Å². The van der Waals surface area contributed by atoms with Gasteiger partial charge in [-0.05, 0) is 19.1 Å². The van der Waals surface area contributed by atoms with Crippen LogP contribution in [0, 0.1) is 11.1 Å². The molecule has 112 valence electrons. The maximum atomic E-state index is 12.8. The van der Waals surface area contributed by atoms with Crippen LogP contribution in [-0.2, 0) is 9.84 Å². The van der Waals surface area contributed by atoms with Crippen LogP contribution in [0.4, 0.5) is 0 Å². The van der Waals surface area contributed by atoms with Gasteiger partial charge in [-0.25, -0.2) is 8.42 Å². The molecule has 0 radical (unpaired) electrons. The molecule has 5 heteroatoms. The number of sulfone groups is 1. The third kappa shape index (κ3) is 2.38. The van der Waals surface area contributed by atoms with Crippen LogP contribution in [0.5, 0.6) is 0 Å². The Labute approximate surface area is 121 Å². The minimum Gasteiger partial charge on any atom is -0.633 e. The third-order valence-electron chi connectivity index (χ3n) is 4.57. The van der Waals surface area contributed by atoms with Crippen LogP contribution in [0.15, 0.2) is 35.2 Å². The Balaban J connectivity index is 2.47. The molecule has 0 amide bonds. The van der Waals surface area contributed by atoms with Crippen molar-refractivity contribution in [3.8, 4) is 0 Å². The zero-order valence-electron chi connectivity index (χ0n) is 12.5. The van der Waals surface area contributed by atoms with Crippen molar-refractivity contribution < 1.29 is 13.1 Å². The van der Waals surface area contributed by atoms with Gasteiger partial charge in [0, 0.05) is 12.3 Å². The van der Waals surface area contributed by atoms with E-state index in [4.69, 9.17) is 0 Å². The maximum absolute atomic E-state index is 12.8. The summed E-state index contributed by atoms with van der Waals surface area (Å²) in [5.74, 6) is 0.0333. The summed E-state index contributed by atoms with van der Waals surface area (Å²) in [4.78, 5) is 0.324. The van der Waals surface area contributed by atoms with Crippen molar-refractivity contribution in [2.24, 2.45) is 5.92 Å². The first-order valence-corrected chi connectivity index (χ1v) is 8.59. The van der Waals surface area contributed by atoms with Crippen molar-refractivity contribution >= 4 is 9.84 Å². The Hall–Kier alpha value is -0.910. The van der Waals surface area contributed by atoms with Crippen molar-refractivity contribution in [3.05, 3.63) is 35.5 Å². The maximum Gasteiger partial charge on any atom is 0.187 e. The minimum atomic E-state index is -3.45. The topological polar surface area (TPSA) is 57.2 Å². The zero-order valence-corrected chi connectivity index (χ0v) is 13.3. The van der Waals surface area contributed by atoms with E-state index in [2.05, 4.69) is 0 Å². The van der Waals surface area contributed by atoms with Gasteiger partial charge in [0.15, 0.2) is 9.84 Å². The van der Waals surface area contributed by atoms with E-state index in [0.29, 0.717) is 11.3 Å². The molecule has 0 N–H and O–H groups in total. The number of rotatable bonds is 3. The van der Waals surface area contributed by atoms with Gasteiger partial charge < -0.3 is 9.85 Å². The molecular weight excluding hydrogens is 274 g/mol. The van der Waals surface area contributed by atoms with E-state index in [1.54, 1.807) is 37.4 Å². The highest BCUT2D eigenvalue weighted by Crippen LogP contribution is 2.40. The second-order valence-corrected chi connectivity index (χ2v) is 8.44. The number of hydrogen-bond donors (Lipinski definition) is 0. The zero-order chi connectivity index (χ0) is 15.1. The number of nitrogens with zero attached hydrogens (tertiary/aromatic N) is 1. The fourth-order valence-electron chi connectivity index (χ4n) is 3.43. The second-order valence-electron chi connectivity index (χ2n) is 6.27. The first kappa shape index (κ1) is 15.5. The van der Waals surface area contributed by atoms with E-state index in [-0.39, 0.29) is 12.0 Å². The molecule has 1 fully saturated rings. The molecule has 0 unspecified atom stereocenters. The van der Waals surface area contributed by atoms with Crippen molar-refractivity contribution in [2.75, 3.05) is 7.05 Å². The van der Waals surface area contributed by atoms with E-state index in [9.17, 15) is 13.6 Å². The smallest absolute Gasteiger partial charge is 0.187 e. The molecule has 1 heterocycles. The molecule has 4 nitrogen and oxygen atoms in total. The fourth-order valence-corrected chi connectivity index (χ4v) is 5.77. The summed E-state index contributed by atoms with van der Waals surface area (Å²) in [5.41, 5.74) is 0. The predicted octanol–water partition coefficient (Wildman–Crippen LogP) is 2.59. The molecule has 0 aromatic heterocycles. The summed E-state index contributed by atoms with van der Waals surface area (Å²) in [7, 11) is -1.85. The first-order chi connectivity index (χ1) is 9.19. The van der Waals surface area contributed by atoms with Gasteiger partial charge in [0.1, 0.15) is 11.3 Å². The predicted molar refractivity (Wildman–Crippen MR) is 79.7 cm³/mol. The van der Waals surface area contributed by atoms with Gasteiger partial charge in [-0.1, -0.05) is 32.0 Å². The first-order valence-electron chi connectivity index (χ1n) is 7.05. The summed E-state index contributed by atoms with van der Waals surface area (Å²) in [5, 5.41) is 12.2. The van der Waals surface area contributed by atoms with Gasteiger partial charge in [0.05, 0.1) is 18.0 Å². The van der Waals surface area contributed by atoms with Crippen LogP contribution in [0.1, 0.15) is 27.2 Å². The van der Waals surface area contributed by atoms with Crippen LogP contribution >= 0.6 is 0 Å². The van der Waals surface area contributed by atoms with Crippen molar-refractivity contribution in [1.29, 1.82) is 0 Å². The largest absolute Gasteiger partial charge is 0.633 e. The van der Waals surface area contributed by atoms with Gasteiger partial charge in [-0.3, -0.25) is 0 Å². The molecule has 0 spiro atoms. The van der Waals surface area contributed by atoms with Gasteiger partial charge in [-0.2, -0.15) is 0 Å². The normalized spacial score (nSPS) is 34.6. The molecule has 0 aliphatic carbocycles. The molecule has 4 atom stereocenters. The average Bonchev–Trinajstić information content (AvgIpc) is 2.62. The fraction of sp³-hybridized carbons (Fsp3) is 0.600. The summed E-state index contributed by atoms with van der Waals surface area (Å²) < 4.78 is 25.2. The number of likely N-dealkylation sites (tertiary alicyclic amines) is 1. The minimum absolute atomic E-state index is 0.0333. The van der Waals surface area contributed by atoms with E-state index in [1.165, 1.54) is 0 Å². The molecule has 1 aromatic carbocycles. The Kier molecular flexibility index (Phi) is 3.97. The molecular formula is C15H23NO3S. The number of hydrogen-bond acceptors (Lipinski definition) is 3. The van der Waals surface area contributed by atoms with E-state index in [1.807, 2.05) is 20.8 Å². The molecule has 2 rings (SSSR count). The molecule has 0 bridgehead atoms. The molecule has 20 heavy (non-hydrogen) atoms. The van der Waals surface area contributed by atoms with E-state index >= 15 is 0 Å². The van der Waals surface area contributed by atoms with Crippen LogP contribution < -0.4 is 0 Å². The van der Waals surface area contributed by atoms with Crippen LogP contribution in [0.3, 0.4) is 0 Å². The highest BCUT2D eigenvalue weighted by molar-refractivity contribution is 7.92. The lowest BCUT2D eigenvalue weighted by atomic mass is 10.0. The third-order valence-corrected chi connectivity index (χ3v) is 6.77. The lowest BCUT2D eigenvalue weighted by Gasteiger charge is -2.46. The van der Waals surface area contributed by atoms with Crippen molar-refractivity contribution in [2.45, 2.75) is 49.4 Å². The number of hydroxylamine groups is 3. The Morgan fingerprint density at radius 2 is 1.80 bits per heavy atom. The second kappa shape index (κ2) is 5.13. The van der Waals surface area contributed by atoms with E-state index in [0.717, 1.165) is 0 Å². The molecule has 1 saturated heterocycles. The summed E-state index contributed by atoms with van der Waals surface area (Å²) in [6.07, 6.45) is 0.431. The van der Waals surface area contributed by atoms with Gasteiger partial charge in [-0.15, -0.1) is 0 Å². The quantitative estimate of drug-likeness (QED) is 0.636.